The van der Waals surface area contributed by atoms with Crippen molar-refractivity contribution in [2.75, 3.05) is 26.3 Å². The van der Waals surface area contributed by atoms with Gasteiger partial charge in [0.2, 0.25) is 0 Å². The molecule has 26 heavy (non-hydrogen) atoms. The van der Waals surface area contributed by atoms with E-state index in [0.29, 0.717) is 26.3 Å². The molecule has 1 fully saturated rings. The average Bonchev–Trinajstić information content (AvgIpc) is 2.94. The third-order valence-electron chi connectivity index (χ3n) is 4.27. The molecule has 138 valence electrons. The van der Waals surface area contributed by atoms with E-state index in [1.54, 1.807) is 12.1 Å². The minimum atomic E-state index is -3.58. The highest BCUT2D eigenvalue weighted by Crippen LogP contribution is 2.41. The highest BCUT2D eigenvalue weighted by Gasteiger charge is 2.43. The number of hydrogen-bond acceptors (Lipinski definition) is 5. The third kappa shape index (κ3) is 4.05. The SMILES string of the molecule is FC1(F)Oc2ccc(CN3CCO[C@H](COc4ccccc4)C3)cc2O1. The fourth-order valence-corrected chi connectivity index (χ4v) is 3.08. The molecule has 0 amide bonds. The molecular formula is C19H19F2NO4. The molecule has 0 radical (unpaired) electrons. The van der Waals surface area contributed by atoms with Gasteiger partial charge in [-0.05, 0) is 29.8 Å². The van der Waals surface area contributed by atoms with Gasteiger partial charge in [-0.2, -0.15) is 0 Å². The highest BCUT2D eigenvalue weighted by atomic mass is 19.3. The maximum Gasteiger partial charge on any atom is 0.586 e. The van der Waals surface area contributed by atoms with E-state index >= 15 is 0 Å². The molecule has 0 aliphatic carbocycles. The standard InChI is InChI=1S/C19H19F2NO4/c20-19(21)25-17-7-6-14(10-18(17)26-19)11-22-8-9-23-16(12-22)13-24-15-4-2-1-3-5-15/h1-7,10,16H,8-9,11-13H2/t16-/m0/s1. The second kappa shape index (κ2) is 7.09. The van der Waals surface area contributed by atoms with Crippen LogP contribution < -0.4 is 14.2 Å². The van der Waals surface area contributed by atoms with Crippen molar-refractivity contribution in [3.8, 4) is 17.2 Å². The summed E-state index contributed by atoms with van der Waals surface area (Å²) in [6.45, 7) is 3.16. The summed E-state index contributed by atoms with van der Waals surface area (Å²) in [7, 11) is 0. The molecule has 2 aliphatic heterocycles. The predicted molar refractivity (Wildman–Crippen MR) is 89.6 cm³/mol. The van der Waals surface area contributed by atoms with Crippen molar-refractivity contribution >= 4 is 0 Å². The summed E-state index contributed by atoms with van der Waals surface area (Å²) in [6, 6.07) is 14.5. The lowest BCUT2D eigenvalue weighted by molar-refractivity contribution is -0.286. The number of para-hydroxylation sites is 1. The Balaban J connectivity index is 1.33. The number of fused-ring (bicyclic) bond motifs is 1. The Bertz CT molecular complexity index is 756. The lowest BCUT2D eigenvalue weighted by atomic mass is 10.1. The van der Waals surface area contributed by atoms with Crippen LogP contribution in [0, 0.1) is 0 Å². The van der Waals surface area contributed by atoms with Crippen molar-refractivity contribution < 1.29 is 27.7 Å². The predicted octanol–water partition coefficient (Wildman–Crippen LogP) is 3.29. The molecule has 0 N–H and O–H groups in total. The number of benzene rings is 2. The maximum absolute atomic E-state index is 13.1. The fourth-order valence-electron chi connectivity index (χ4n) is 3.08. The minimum absolute atomic E-state index is 0.0395. The molecule has 2 heterocycles. The van der Waals surface area contributed by atoms with E-state index in [2.05, 4.69) is 14.4 Å². The fraction of sp³-hybridized carbons (Fsp3) is 0.368. The van der Waals surface area contributed by atoms with Crippen molar-refractivity contribution in [2.24, 2.45) is 0 Å². The number of nitrogens with zero attached hydrogens (tertiary/aromatic N) is 1. The molecule has 7 heteroatoms. The monoisotopic (exact) mass is 363 g/mol. The zero-order valence-electron chi connectivity index (χ0n) is 14.1. The molecule has 0 aromatic heterocycles. The van der Waals surface area contributed by atoms with Crippen LogP contribution >= 0.6 is 0 Å². The zero-order valence-corrected chi connectivity index (χ0v) is 14.1. The van der Waals surface area contributed by atoms with Crippen LogP contribution in [0.2, 0.25) is 0 Å². The first kappa shape index (κ1) is 17.1. The molecule has 1 saturated heterocycles. The molecule has 2 aromatic rings. The Kier molecular flexibility index (Phi) is 4.65. The summed E-state index contributed by atoms with van der Waals surface area (Å²) in [5.41, 5.74) is 0.884. The summed E-state index contributed by atoms with van der Waals surface area (Å²) < 4.78 is 46.7. The molecule has 1 atom stereocenters. The summed E-state index contributed by atoms with van der Waals surface area (Å²) in [4.78, 5) is 2.21. The van der Waals surface area contributed by atoms with Crippen LogP contribution in [0.5, 0.6) is 17.2 Å². The van der Waals surface area contributed by atoms with E-state index in [0.717, 1.165) is 17.9 Å². The van der Waals surface area contributed by atoms with E-state index in [-0.39, 0.29) is 17.6 Å². The number of halogens is 2. The van der Waals surface area contributed by atoms with E-state index < -0.39 is 6.29 Å². The molecule has 4 rings (SSSR count). The first-order valence-corrected chi connectivity index (χ1v) is 8.48. The van der Waals surface area contributed by atoms with Gasteiger partial charge in [0, 0.05) is 19.6 Å². The van der Waals surface area contributed by atoms with Crippen LogP contribution in [-0.2, 0) is 11.3 Å². The van der Waals surface area contributed by atoms with Gasteiger partial charge in [-0.15, -0.1) is 8.78 Å². The van der Waals surface area contributed by atoms with Crippen LogP contribution in [0.4, 0.5) is 8.78 Å². The zero-order chi connectivity index (χ0) is 18.0. The number of rotatable bonds is 5. The van der Waals surface area contributed by atoms with Gasteiger partial charge in [0.1, 0.15) is 18.5 Å². The van der Waals surface area contributed by atoms with Gasteiger partial charge in [-0.1, -0.05) is 24.3 Å². The molecular weight excluding hydrogens is 344 g/mol. The van der Waals surface area contributed by atoms with Gasteiger partial charge in [0.15, 0.2) is 11.5 Å². The Morgan fingerprint density at radius 1 is 1.08 bits per heavy atom. The number of hydrogen-bond donors (Lipinski definition) is 0. The van der Waals surface area contributed by atoms with Crippen molar-refractivity contribution in [1.29, 1.82) is 0 Å². The Morgan fingerprint density at radius 2 is 1.88 bits per heavy atom. The molecule has 0 bridgehead atoms. The van der Waals surface area contributed by atoms with Crippen molar-refractivity contribution in [3.63, 3.8) is 0 Å². The lowest BCUT2D eigenvalue weighted by Gasteiger charge is -2.32. The summed E-state index contributed by atoms with van der Waals surface area (Å²) >= 11 is 0. The normalized spacial score (nSPS) is 21.5. The summed E-state index contributed by atoms with van der Waals surface area (Å²) in [6.07, 6.45) is -3.62. The van der Waals surface area contributed by atoms with Crippen LogP contribution in [0.1, 0.15) is 5.56 Å². The van der Waals surface area contributed by atoms with Crippen LogP contribution in [0.25, 0.3) is 0 Å². The van der Waals surface area contributed by atoms with Gasteiger partial charge in [-0.25, -0.2) is 0 Å². The maximum atomic E-state index is 13.1. The van der Waals surface area contributed by atoms with E-state index in [1.165, 1.54) is 6.07 Å². The second-order valence-electron chi connectivity index (χ2n) is 6.30. The van der Waals surface area contributed by atoms with Gasteiger partial charge in [0.05, 0.1) is 6.61 Å². The van der Waals surface area contributed by atoms with Crippen molar-refractivity contribution in [3.05, 3.63) is 54.1 Å². The van der Waals surface area contributed by atoms with Gasteiger partial charge in [0.25, 0.3) is 0 Å². The summed E-state index contributed by atoms with van der Waals surface area (Å²) in [5, 5.41) is 0. The largest absolute Gasteiger partial charge is 0.586 e. The quantitative estimate of drug-likeness (QED) is 0.815. The highest BCUT2D eigenvalue weighted by molar-refractivity contribution is 5.45. The molecule has 0 unspecified atom stereocenters. The smallest absolute Gasteiger partial charge is 0.491 e. The second-order valence-corrected chi connectivity index (χ2v) is 6.30. The average molecular weight is 363 g/mol. The lowest BCUT2D eigenvalue weighted by Crippen LogP contribution is -2.44. The Hall–Kier alpha value is -2.38. The van der Waals surface area contributed by atoms with Crippen LogP contribution in [-0.4, -0.2) is 43.6 Å². The van der Waals surface area contributed by atoms with Crippen molar-refractivity contribution in [2.45, 2.75) is 18.9 Å². The first-order chi connectivity index (χ1) is 12.6. The third-order valence-corrected chi connectivity index (χ3v) is 4.27. The molecule has 5 nitrogen and oxygen atoms in total. The molecule has 0 spiro atoms. The topological polar surface area (TPSA) is 40.2 Å². The van der Waals surface area contributed by atoms with E-state index in [9.17, 15) is 8.78 Å². The van der Waals surface area contributed by atoms with Crippen molar-refractivity contribution in [1.82, 2.24) is 4.90 Å². The van der Waals surface area contributed by atoms with Crippen LogP contribution in [0.3, 0.4) is 0 Å². The minimum Gasteiger partial charge on any atom is -0.491 e. The first-order valence-electron chi connectivity index (χ1n) is 8.48. The van der Waals surface area contributed by atoms with Gasteiger partial charge < -0.3 is 18.9 Å². The van der Waals surface area contributed by atoms with Gasteiger partial charge >= 0.3 is 6.29 Å². The Labute approximate surface area is 150 Å². The van der Waals surface area contributed by atoms with E-state index in [4.69, 9.17) is 9.47 Å². The van der Waals surface area contributed by atoms with Crippen LogP contribution in [0.15, 0.2) is 48.5 Å². The number of ether oxygens (including phenoxy) is 4. The molecule has 0 saturated carbocycles. The molecule has 2 aliphatic rings. The summed E-state index contributed by atoms with van der Waals surface area (Å²) in [5.74, 6) is 0.949. The van der Waals surface area contributed by atoms with E-state index in [1.807, 2.05) is 30.3 Å². The number of alkyl halides is 2. The number of morpholine rings is 1. The van der Waals surface area contributed by atoms with Gasteiger partial charge in [-0.3, -0.25) is 4.90 Å². The molecule has 2 aromatic carbocycles. The Morgan fingerprint density at radius 3 is 2.73 bits per heavy atom.